The maximum atomic E-state index is 12.6. The van der Waals surface area contributed by atoms with E-state index in [1.54, 1.807) is 6.20 Å². The second kappa shape index (κ2) is 9.67. The average molecular weight is 468 g/mol. The number of fused-ring (bicyclic) bond motifs is 1. The third kappa shape index (κ3) is 4.98. The highest BCUT2D eigenvalue weighted by Crippen LogP contribution is 2.32. The van der Waals surface area contributed by atoms with Crippen LogP contribution >= 0.6 is 11.6 Å². The average Bonchev–Trinajstić information content (AvgIpc) is 3.26. The number of hydrogen-bond donors (Lipinski definition) is 2. The first-order chi connectivity index (χ1) is 16.1. The van der Waals surface area contributed by atoms with Crippen LogP contribution in [0.1, 0.15) is 12.8 Å². The highest BCUT2D eigenvalue weighted by Gasteiger charge is 2.25. The molecule has 9 heteroatoms. The third-order valence-electron chi connectivity index (χ3n) is 6.72. The first-order valence-corrected chi connectivity index (χ1v) is 12.0. The predicted octanol–water partition coefficient (Wildman–Crippen LogP) is 2.93. The summed E-state index contributed by atoms with van der Waals surface area (Å²) in [7, 11) is 2.10. The Bertz CT molecular complexity index is 1120. The monoisotopic (exact) mass is 467 g/mol. The molecule has 174 valence electrons. The number of para-hydroxylation sites is 1. The number of anilines is 1. The highest BCUT2D eigenvalue weighted by molar-refractivity contribution is 6.33. The Labute approximate surface area is 198 Å². The quantitative estimate of drug-likeness (QED) is 0.600. The highest BCUT2D eigenvalue weighted by atomic mass is 35.5. The van der Waals surface area contributed by atoms with Crippen LogP contribution in [0.15, 0.2) is 36.7 Å². The molecule has 0 saturated carbocycles. The lowest BCUT2D eigenvalue weighted by Crippen LogP contribution is -2.51. The molecular weight excluding hydrogens is 438 g/mol. The van der Waals surface area contributed by atoms with Crippen molar-refractivity contribution in [2.75, 3.05) is 58.2 Å². The fraction of sp³-hybridized carbons (Fsp3) is 0.458. The van der Waals surface area contributed by atoms with Gasteiger partial charge in [0, 0.05) is 68.0 Å². The zero-order valence-electron chi connectivity index (χ0n) is 18.9. The number of carbonyl (C=O) groups is 1. The number of piperidine rings is 1. The molecule has 2 aromatic heterocycles. The molecule has 2 fully saturated rings. The molecule has 3 aromatic rings. The number of amides is 1. The number of aromatic amines is 1. The number of carbonyl (C=O) groups excluding carboxylic acids is 1. The zero-order chi connectivity index (χ0) is 22.8. The first kappa shape index (κ1) is 22.1. The molecule has 0 radical (unpaired) electrons. The summed E-state index contributed by atoms with van der Waals surface area (Å²) >= 11 is 6.46. The van der Waals surface area contributed by atoms with E-state index in [1.165, 1.54) is 0 Å². The summed E-state index contributed by atoms with van der Waals surface area (Å²) in [6, 6.07) is 8.39. The number of piperazine rings is 1. The number of hydrogen-bond acceptors (Lipinski definition) is 6. The van der Waals surface area contributed by atoms with Gasteiger partial charge in [0.25, 0.3) is 0 Å². The standard InChI is InChI=1S/C24H30ClN7O/c1-30-10-12-32(13-11-30)22(33)16-31-8-6-17(7-9-31)28-24-27-15-20(25)23(29-24)19-14-26-21-5-3-2-4-18(19)21/h2-5,14-15,17,26H,6-13,16H2,1H3,(H,27,28,29). The number of benzene rings is 1. The minimum atomic E-state index is 0.249. The predicted molar refractivity (Wildman–Crippen MR) is 131 cm³/mol. The molecule has 5 rings (SSSR count). The fourth-order valence-electron chi connectivity index (χ4n) is 4.66. The number of nitrogens with zero attached hydrogens (tertiary/aromatic N) is 5. The van der Waals surface area contributed by atoms with E-state index in [0.29, 0.717) is 17.5 Å². The molecule has 2 saturated heterocycles. The van der Waals surface area contributed by atoms with Crippen molar-refractivity contribution < 1.29 is 4.79 Å². The van der Waals surface area contributed by atoms with Crippen LogP contribution in [0.2, 0.25) is 5.02 Å². The van der Waals surface area contributed by atoms with Crippen molar-refractivity contribution in [1.82, 2.24) is 29.7 Å². The Hall–Kier alpha value is -2.68. The van der Waals surface area contributed by atoms with Gasteiger partial charge in [0.1, 0.15) is 0 Å². The number of halogens is 1. The van der Waals surface area contributed by atoms with Crippen LogP contribution in [0.5, 0.6) is 0 Å². The Morgan fingerprint density at radius 1 is 1.15 bits per heavy atom. The SMILES string of the molecule is CN1CCN(C(=O)CN2CCC(Nc3ncc(Cl)c(-c4c[nH]c5ccccc45)n3)CC2)CC1. The molecule has 2 aliphatic rings. The molecule has 0 spiro atoms. The van der Waals surface area contributed by atoms with Crippen molar-refractivity contribution in [3.8, 4) is 11.3 Å². The third-order valence-corrected chi connectivity index (χ3v) is 7.00. The lowest BCUT2D eigenvalue weighted by Gasteiger charge is -2.36. The lowest BCUT2D eigenvalue weighted by atomic mass is 10.1. The number of rotatable bonds is 5. The van der Waals surface area contributed by atoms with Crippen LogP contribution in [0.25, 0.3) is 22.2 Å². The first-order valence-electron chi connectivity index (χ1n) is 11.6. The van der Waals surface area contributed by atoms with Gasteiger partial charge in [-0.2, -0.15) is 0 Å². The molecule has 0 atom stereocenters. The second-order valence-corrected chi connectivity index (χ2v) is 9.42. The van der Waals surface area contributed by atoms with Gasteiger partial charge in [-0.15, -0.1) is 0 Å². The molecule has 4 heterocycles. The molecule has 2 N–H and O–H groups in total. The van der Waals surface area contributed by atoms with Crippen LogP contribution in [0.3, 0.4) is 0 Å². The topological polar surface area (TPSA) is 80.4 Å². The maximum absolute atomic E-state index is 12.6. The minimum Gasteiger partial charge on any atom is -0.360 e. The van der Waals surface area contributed by atoms with Gasteiger partial charge in [0.15, 0.2) is 0 Å². The summed E-state index contributed by atoms with van der Waals surface area (Å²) in [5, 5.41) is 5.10. The Morgan fingerprint density at radius 2 is 1.91 bits per heavy atom. The Balaban J connectivity index is 1.18. The van der Waals surface area contributed by atoms with E-state index in [9.17, 15) is 4.79 Å². The Kier molecular flexibility index (Phi) is 6.48. The molecule has 8 nitrogen and oxygen atoms in total. The number of aromatic nitrogens is 3. The smallest absolute Gasteiger partial charge is 0.236 e. The molecular formula is C24H30ClN7O. The lowest BCUT2D eigenvalue weighted by molar-refractivity contribution is -0.134. The Morgan fingerprint density at radius 3 is 2.70 bits per heavy atom. The van der Waals surface area contributed by atoms with E-state index in [1.807, 2.05) is 29.3 Å². The van der Waals surface area contributed by atoms with Crippen LogP contribution in [-0.2, 0) is 4.79 Å². The van der Waals surface area contributed by atoms with Crippen LogP contribution < -0.4 is 5.32 Å². The van der Waals surface area contributed by atoms with Crippen LogP contribution in [-0.4, -0.2) is 94.5 Å². The molecule has 0 unspecified atom stereocenters. The summed E-state index contributed by atoms with van der Waals surface area (Å²) in [5.41, 5.74) is 2.75. The van der Waals surface area contributed by atoms with E-state index < -0.39 is 0 Å². The van der Waals surface area contributed by atoms with Gasteiger partial charge in [-0.3, -0.25) is 9.69 Å². The molecule has 1 aromatic carbocycles. The minimum absolute atomic E-state index is 0.249. The van der Waals surface area contributed by atoms with E-state index in [4.69, 9.17) is 16.6 Å². The van der Waals surface area contributed by atoms with Gasteiger partial charge in [0.05, 0.1) is 23.5 Å². The summed E-state index contributed by atoms with van der Waals surface area (Å²) in [6.07, 6.45) is 5.51. The van der Waals surface area contributed by atoms with Crippen molar-refractivity contribution in [1.29, 1.82) is 0 Å². The fourth-order valence-corrected chi connectivity index (χ4v) is 4.85. The van der Waals surface area contributed by atoms with Crippen LogP contribution in [0.4, 0.5) is 5.95 Å². The van der Waals surface area contributed by atoms with Gasteiger partial charge >= 0.3 is 0 Å². The van der Waals surface area contributed by atoms with E-state index in [2.05, 4.69) is 38.2 Å². The van der Waals surface area contributed by atoms with E-state index in [-0.39, 0.29) is 11.9 Å². The zero-order valence-corrected chi connectivity index (χ0v) is 19.7. The number of H-pyrrole nitrogens is 1. The number of nitrogens with one attached hydrogen (secondary N) is 2. The van der Waals surface area contributed by atoms with Gasteiger partial charge in [0.2, 0.25) is 11.9 Å². The second-order valence-electron chi connectivity index (χ2n) is 9.02. The van der Waals surface area contributed by atoms with Crippen molar-refractivity contribution in [3.05, 3.63) is 41.7 Å². The molecule has 1 amide bonds. The number of likely N-dealkylation sites (tertiary alicyclic amines) is 1. The maximum Gasteiger partial charge on any atom is 0.236 e. The van der Waals surface area contributed by atoms with Gasteiger partial charge < -0.3 is 20.1 Å². The van der Waals surface area contributed by atoms with Crippen molar-refractivity contribution in [2.24, 2.45) is 0 Å². The van der Waals surface area contributed by atoms with Gasteiger partial charge in [-0.1, -0.05) is 29.8 Å². The summed E-state index contributed by atoms with van der Waals surface area (Å²) < 4.78 is 0. The van der Waals surface area contributed by atoms with Crippen molar-refractivity contribution in [2.45, 2.75) is 18.9 Å². The van der Waals surface area contributed by atoms with Crippen molar-refractivity contribution in [3.63, 3.8) is 0 Å². The summed E-state index contributed by atoms with van der Waals surface area (Å²) in [5.74, 6) is 0.838. The van der Waals surface area contributed by atoms with Crippen molar-refractivity contribution >= 4 is 34.4 Å². The van der Waals surface area contributed by atoms with Gasteiger partial charge in [-0.25, -0.2) is 9.97 Å². The van der Waals surface area contributed by atoms with E-state index in [0.717, 1.165) is 74.3 Å². The molecule has 0 bridgehead atoms. The normalized spacial score (nSPS) is 18.7. The largest absolute Gasteiger partial charge is 0.360 e. The molecule has 33 heavy (non-hydrogen) atoms. The number of likely N-dealkylation sites (N-methyl/N-ethyl adjacent to an activating group) is 1. The summed E-state index contributed by atoms with van der Waals surface area (Å²) in [6.45, 7) is 5.87. The van der Waals surface area contributed by atoms with Gasteiger partial charge in [-0.05, 0) is 26.0 Å². The molecule has 2 aliphatic heterocycles. The molecule has 0 aliphatic carbocycles. The summed E-state index contributed by atoms with van der Waals surface area (Å²) in [4.78, 5) is 31.6. The van der Waals surface area contributed by atoms with E-state index >= 15 is 0 Å². The van der Waals surface area contributed by atoms with Crippen LogP contribution in [0, 0.1) is 0 Å².